The quantitative estimate of drug-likeness (QED) is 0.0466. The molecule has 0 heterocycles. The molecule has 2 unspecified atom stereocenters. The lowest BCUT2D eigenvalue weighted by Gasteiger charge is -2.37. The van der Waals surface area contributed by atoms with E-state index in [1.54, 1.807) is 14.2 Å². The van der Waals surface area contributed by atoms with Crippen molar-refractivity contribution in [2.24, 2.45) is 0 Å². The molecule has 392 valence electrons. The van der Waals surface area contributed by atoms with Crippen LogP contribution in [0, 0.1) is 0 Å². The monoisotopic (exact) mass is 1040 g/mol. The van der Waals surface area contributed by atoms with Crippen molar-refractivity contribution >= 4 is 51.1 Å². The van der Waals surface area contributed by atoms with E-state index in [-0.39, 0.29) is 41.9 Å². The van der Waals surface area contributed by atoms with Crippen molar-refractivity contribution in [2.75, 3.05) is 40.6 Å². The molecule has 0 aliphatic rings. The van der Waals surface area contributed by atoms with Crippen molar-refractivity contribution in [3.63, 3.8) is 0 Å². The van der Waals surface area contributed by atoms with Crippen LogP contribution < -0.4 is 18.9 Å². The molecule has 0 saturated heterocycles. The van der Waals surface area contributed by atoms with Gasteiger partial charge in [-0.05, 0) is 179 Å². The summed E-state index contributed by atoms with van der Waals surface area (Å²) in [5, 5.41) is 0. The van der Waals surface area contributed by atoms with Gasteiger partial charge in [-0.25, -0.2) is 0 Å². The lowest BCUT2D eigenvalue weighted by molar-refractivity contribution is 0.0421. The smallest absolute Gasteiger partial charge is 0.311 e. The third-order valence-corrected chi connectivity index (χ3v) is 27.6. The SMILES string of the molecule is C.C.C.C.C=CCc1ccc(OCCOC(C)CC)c(OC)c1.CCC(C)OCCOc1ccc(CCC[Si](C)(C)O[Si](C)(C)O[Si](C)(C)C)cc1OC.C[SiH](C)O[Si](C)(C)O[Si](C)(C)C. The van der Waals surface area contributed by atoms with Crippen LogP contribution in [0.4, 0.5) is 0 Å². The van der Waals surface area contributed by atoms with E-state index in [0.717, 1.165) is 66.7 Å². The van der Waals surface area contributed by atoms with Crippen molar-refractivity contribution in [3.05, 3.63) is 60.2 Å². The maximum atomic E-state index is 6.62. The minimum absolute atomic E-state index is 0. The van der Waals surface area contributed by atoms with E-state index in [1.807, 2.05) is 30.3 Å². The summed E-state index contributed by atoms with van der Waals surface area (Å²) in [5.41, 5.74) is 2.43. The molecule has 0 fully saturated rings. The lowest BCUT2D eigenvalue weighted by Crippen LogP contribution is -2.51. The van der Waals surface area contributed by atoms with Gasteiger partial charge in [-0.1, -0.05) is 61.8 Å². The average Bonchev–Trinajstić information content (AvgIpc) is 3.13. The summed E-state index contributed by atoms with van der Waals surface area (Å²) in [7, 11) is -6.20. The van der Waals surface area contributed by atoms with Crippen molar-refractivity contribution in [3.8, 4) is 23.0 Å². The molecule has 2 aromatic carbocycles. The molecule has 0 radical (unpaired) electrons. The van der Waals surface area contributed by atoms with E-state index >= 15 is 0 Å². The highest BCUT2D eigenvalue weighted by Gasteiger charge is 2.37. The number of hydrogen-bond donors (Lipinski definition) is 0. The largest absolute Gasteiger partial charge is 0.493 e. The fraction of sp³-hybridized carbons (Fsp3) is 0.720. The molecule has 16 heteroatoms. The maximum Gasteiger partial charge on any atom is 0.311 e. The van der Waals surface area contributed by atoms with Crippen molar-refractivity contribution in [2.45, 2.75) is 199 Å². The van der Waals surface area contributed by atoms with Crippen molar-refractivity contribution in [1.82, 2.24) is 0 Å². The second kappa shape index (κ2) is 36.4. The molecule has 0 aromatic heterocycles. The fourth-order valence-corrected chi connectivity index (χ4v) is 30.9. The molecule has 0 saturated carbocycles. The summed E-state index contributed by atoms with van der Waals surface area (Å²) in [4.78, 5) is 0. The summed E-state index contributed by atoms with van der Waals surface area (Å²) >= 11 is 0. The summed E-state index contributed by atoms with van der Waals surface area (Å²) in [6.45, 7) is 45.4. The zero-order valence-corrected chi connectivity index (χ0v) is 49.3. The van der Waals surface area contributed by atoms with Crippen LogP contribution in [-0.4, -0.2) is 104 Å². The molecule has 2 atom stereocenters. The second-order valence-corrected chi connectivity index (χ2v) is 43.0. The first kappa shape index (κ1) is 73.4. The minimum Gasteiger partial charge on any atom is -0.493 e. The number of hydrogen-bond acceptors (Lipinski definition) is 10. The van der Waals surface area contributed by atoms with Gasteiger partial charge in [-0.2, -0.15) is 0 Å². The van der Waals surface area contributed by atoms with Gasteiger partial charge < -0.3 is 44.9 Å². The number of allylic oxidation sites excluding steroid dienone is 1. The number of ether oxygens (including phenoxy) is 6. The first-order valence-electron chi connectivity index (χ1n) is 22.8. The van der Waals surface area contributed by atoms with E-state index in [4.69, 9.17) is 44.9 Å². The Hall–Kier alpha value is -1.56. The standard InChI is InChI=1S/C23H46O5Si3.C16H24O3.C7H22O2Si3.4CH4/c1-11-20(2)25-16-17-26-22-15-14-21(19-23(22)24-3)13-12-18-30(7,8)28-31(9,10)27-29(4,5)6;1-5-7-14-8-9-15(16(12-14)17-4)19-11-10-18-13(3)6-2;1-10(2)8-12(6,7)9-11(3,4)5;;;;/h14-15,19-20H,11-13,16-18H2,1-10H3;5,8-9,12-13H,1,6-7,10-11H2,2-4H3;10H,1-7H3;4*1H4. The fourth-order valence-electron chi connectivity index (χ4n) is 6.67. The normalized spacial score (nSPS) is 12.5. The highest BCUT2D eigenvalue weighted by molar-refractivity contribution is 6.87. The first-order valence-corrected chi connectivity index (χ1v) is 41.2. The Morgan fingerprint density at radius 2 is 0.985 bits per heavy atom. The molecule has 2 aromatic rings. The van der Waals surface area contributed by atoms with Gasteiger partial charge in [-0.3, -0.25) is 0 Å². The predicted molar refractivity (Wildman–Crippen MR) is 305 cm³/mol. The Bertz CT molecular complexity index is 1510. The Labute approximate surface area is 417 Å². The van der Waals surface area contributed by atoms with Gasteiger partial charge in [0.05, 0.1) is 39.6 Å². The third kappa shape index (κ3) is 37.4. The Morgan fingerprint density at radius 3 is 1.36 bits per heavy atom. The highest BCUT2D eigenvalue weighted by atomic mass is 28.5. The number of rotatable bonds is 28. The van der Waals surface area contributed by atoms with Crippen LogP contribution in [0.1, 0.15) is 87.8 Å². The van der Waals surface area contributed by atoms with Crippen LogP contribution in [0.15, 0.2) is 49.1 Å². The van der Waals surface area contributed by atoms with Crippen LogP contribution in [-0.2, 0) is 38.8 Å². The third-order valence-electron chi connectivity index (χ3n) is 8.86. The van der Waals surface area contributed by atoms with Crippen LogP contribution >= 0.6 is 0 Å². The summed E-state index contributed by atoms with van der Waals surface area (Å²) in [6.07, 6.45) is 7.37. The Balaban J connectivity index is -0.000000304. The molecular formula is C50H108O10Si6. The van der Waals surface area contributed by atoms with Crippen molar-refractivity contribution < 1.29 is 44.9 Å². The van der Waals surface area contributed by atoms with E-state index < -0.39 is 51.1 Å². The summed E-state index contributed by atoms with van der Waals surface area (Å²) in [6, 6.07) is 13.3. The average molecular weight is 1040 g/mol. The van der Waals surface area contributed by atoms with Gasteiger partial charge in [0.1, 0.15) is 13.2 Å². The van der Waals surface area contributed by atoms with E-state index in [2.05, 4.69) is 138 Å². The van der Waals surface area contributed by atoms with Gasteiger partial charge in [0, 0.05) is 0 Å². The zero-order valence-electron chi connectivity index (χ0n) is 43.1. The molecule has 2 rings (SSSR count). The van der Waals surface area contributed by atoms with Crippen molar-refractivity contribution in [1.29, 1.82) is 0 Å². The zero-order chi connectivity index (χ0) is 47.8. The van der Waals surface area contributed by atoms with E-state index in [0.29, 0.717) is 26.4 Å². The number of benzene rings is 2. The number of aryl methyl sites for hydroxylation is 1. The Morgan fingerprint density at radius 1 is 0.576 bits per heavy atom. The van der Waals surface area contributed by atoms with E-state index in [1.165, 1.54) is 5.56 Å². The lowest BCUT2D eigenvalue weighted by atomic mass is 10.1. The Kier molecular flexibility index (Phi) is 40.5. The second-order valence-electron chi connectivity index (χ2n) is 19.4. The molecule has 0 N–H and O–H groups in total. The molecule has 0 aliphatic carbocycles. The predicted octanol–water partition coefficient (Wildman–Crippen LogP) is 15.3. The van der Waals surface area contributed by atoms with Gasteiger partial charge in [0.2, 0.25) is 0 Å². The minimum atomic E-state index is -2.07. The van der Waals surface area contributed by atoms with Gasteiger partial charge in [0.15, 0.2) is 57.0 Å². The highest BCUT2D eigenvalue weighted by Crippen LogP contribution is 2.31. The van der Waals surface area contributed by atoms with Crippen LogP contribution in [0.3, 0.4) is 0 Å². The number of methoxy groups -OCH3 is 2. The van der Waals surface area contributed by atoms with Crippen LogP contribution in [0.25, 0.3) is 0 Å². The molecular weight excluding hydrogens is 929 g/mol. The van der Waals surface area contributed by atoms with Gasteiger partial charge in [-0.15, -0.1) is 6.58 Å². The van der Waals surface area contributed by atoms with Crippen LogP contribution in [0.2, 0.25) is 97.7 Å². The first-order chi connectivity index (χ1) is 28.6. The topological polar surface area (TPSA) is 92.3 Å². The van der Waals surface area contributed by atoms with Gasteiger partial charge >= 0.3 is 17.1 Å². The molecule has 66 heavy (non-hydrogen) atoms. The molecule has 0 spiro atoms. The molecule has 0 aliphatic heterocycles. The van der Waals surface area contributed by atoms with Crippen LogP contribution in [0.5, 0.6) is 23.0 Å². The summed E-state index contributed by atoms with van der Waals surface area (Å²) < 4.78 is 58.6. The molecule has 10 nitrogen and oxygen atoms in total. The van der Waals surface area contributed by atoms with E-state index in [9.17, 15) is 0 Å². The molecule has 0 bridgehead atoms. The summed E-state index contributed by atoms with van der Waals surface area (Å²) in [5.74, 6) is 3.06. The molecule has 0 amide bonds. The van der Waals surface area contributed by atoms with Gasteiger partial charge in [0.25, 0.3) is 0 Å². The maximum absolute atomic E-state index is 6.62.